The van der Waals surface area contributed by atoms with Crippen LogP contribution in [0.1, 0.15) is 26.7 Å². The zero-order valence-corrected chi connectivity index (χ0v) is 13.4. The monoisotopic (exact) mass is 312 g/mol. The number of para-hydroxylation sites is 1. The predicted octanol–water partition coefficient (Wildman–Crippen LogP) is 3.89. The van der Waals surface area contributed by atoms with Crippen molar-refractivity contribution in [3.63, 3.8) is 0 Å². The van der Waals surface area contributed by atoms with Crippen molar-refractivity contribution in [1.29, 1.82) is 0 Å². The van der Waals surface area contributed by atoms with Crippen LogP contribution in [0.25, 0.3) is 0 Å². The van der Waals surface area contributed by atoms with Gasteiger partial charge in [-0.25, -0.2) is 0 Å². The minimum Gasteiger partial charge on any atom is -0.383 e. The van der Waals surface area contributed by atoms with Crippen molar-refractivity contribution in [2.75, 3.05) is 25.2 Å². The molecule has 0 aliphatic carbocycles. The molecule has 1 saturated heterocycles. The molecule has 0 spiro atoms. The number of anilines is 1. The van der Waals surface area contributed by atoms with E-state index in [9.17, 15) is 10.1 Å². The molecule has 21 heavy (non-hydrogen) atoms. The molecule has 1 aliphatic heterocycles. The Labute approximate surface area is 130 Å². The maximum atomic E-state index is 11.3. The third kappa shape index (κ3) is 3.47. The van der Waals surface area contributed by atoms with Gasteiger partial charge in [0.25, 0.3) is 5.69 Å². The van der Waals surface area contributed by atoms with Crippen LogP contribution < -0.4 is 4.90 Å². The third-order valence-corrected chi connectivity index (χ3v) is 4.37. The Morgan fingerprint density at radius 3 is 2.86 bits per heavy atom. The number of methoxy groups -OCH3 is 1. The first kappa shape index (κ1) is 16.0. The van der Waals surface area contributed by atoms with Crippen LogP contribution in [0.15, 0.2) is 18.2 Å². The van der Waals surface area contributed by atoms with Crippen molar-refractivity contribution in [2.24, 2.45) is 5.41 Å². The molecule has 0 amide bonds. The van der Waals surface area contributed by atoms with Crippen molar-refractivity contribution >= 4 is 23.0 Å². The molecule has 116 valence electrons. The summed E-state index contributed by atoms with van der Waals surface area (Å²) in [4.78, 5) is 13.0. The van der Waals surface area contributed by atoms with E-state index in [0.717, 1.165) is 19.4 Å². The Bertz CT molecular complexity index is 534. The van der Waals surface area contributed by atoms with E-state index in [2.05, 4.69) is 13.8 Å². The van der Waals surface area contributed by atoms with Crippen LogP contribution in [0, 0.1) is 15.5 Å². The number of halogens is 1. The maximum absolute atomic E-state index is 11.3. The molecule has 0 radical (unpaired) electrons. The van der Waals surface area contributed by atoms with Gasteiger partial charge in [0.1, 0.15) is 5.69 Å². The van der Waals surface area contributed by atoms with Gasteiger partial charge in [0.15, 0.2) is 0 Å². The van der Waals surface area contributed by atoms with E-state index in [1.54, 1.807) is 19.2 Å². The van der Waals surface area contributed by atoms with E-state index in [4.69, 9.17) is 16.3 Å². The van der Waals surface area contributed by atoms with Crippen LogP contribution in [-0.4, -0.2) is 31.2 Å². The van der Waals surface area contributed by atoms with Crippen LogP contribution in [-0.2, 0) is 4.74 Å². The first-order chi connectivity index (χ1) is 9.85. The number of rotatable bonds is 4. The molecule has 0 aromatic heterocycles. The largest absolute Gasteiger partial charge is 0.383 e. The molecule has 1 heterocycles. The number of piperidine rings is 1. The Balaban J connectivity index is 2.42. The van der Waals surface area contributed by atoms with Crippen LogP contribution in [0.2, 0.25) is 5.02 Å². The second-order valence-corrected chi connectivity index (χ2v) is 6.69. The summed E-state index contributed by atoms with van der Waals surface area (Å²) in [6.45, 7) is 5.71. The summed E-state index contributed by atoms with van der Waals surface area (Å²) >= 11 is 6.26. The number of nitrogens with zero attached hydrogens (tertiary/aromatic N) is 2. The minimum absolute atomic E-state index is 0.0586. The Kier molecular flexibility index (Phi) is 4.74. The van der Waals surface area contributed by atoms with Gasteiger partial charge in [-0.05, 0) is 24.3 Å². The summed E-state index contributed by atoms with van der Waals surface area (Å²) in [6, 6.07) is 4.92. The first-order valence-corrected chi connectivity index (χ1v) is 7.42. The van der Waals surface area contributed by atoms with Crippen LogP contribution >= 0.6 is 11.6 Å². The lowest BCUT2D eigenvalue weighted by molar-refractivity contribution is -0.384. The van der Waals surface area contributed by atoms with Crippen molar-refractivity contribution < 1.29 is 9.66 Å². The van der Waals surface area contributed by atoms with Gasteiger partial charge in [-0.1, -0.05) is 31.5 Å². The quantitative estimate of drug-likeness (QED) is 0.625. The summed E-state index contributed by atoms with van der Waals surface area (Å²) in [5, 5.41) is 11.7. The number of nitro groups is 1. The van der Waals surface area contributed by atoms with E-state index < -0.39 is 0 Å². The minimum atomic E-state index is -0.370. The van der Waals surface area contributed by atoms with Gasteiger partial charge in [-0.15, -0.1) is 0 Å². The second kappa shape index (κ2) is 6.20. The van der Waals surface area contributed by atoms with Crippen molar-refractivity contribution in [1.82, 2.24) is 0 Å². The summed E-state index contributed by atoms with van der Waals surface area (Å²) in [5.41, 5.74) is 0.778. The molecule has 1 aromatic rings. The van der Waals surface area contributed by atoms with Crippen LogP contribution in [0.5, 0.6) is 0 Å². The number of nitro benzene ring substituents is 1. The second-order valence-electron chi connectivity index (χ2n) is 6.29. The fourth-order valence-electron chi connectivity index (χ4n) is 3.03. The Morgan fingerprint density at radius 2 is 2.24 bits per heavy atom. The molecule has 1 aromatic carbocycles. The number of hydrogen-bond donors (Lipinski definition) is 0. The van der Waals surface area contributed by atoms with Gasteiger partial charge in [0.2, 0.25) is 0 Å². The zero-order valence-electron chi connectivity index (χ0n) is 12.6. The highest BCUT2D eigenvalue weighted by Crippen LogP contribution is 2.42. The van der Waals surface area contributed by atoms with Crippen LogP contribution in [0.4, 0.5) is 11.4 Å². The highest BCUT2D eigenvalue weighted by Gasteiger charge is 2.36. The average Bonchev–Trinajstić information content (AvgIpc) is 2.39. The van der Waals surface area contributed by atoms with E-state index in [0.29, 0.717) is 17.3 Å². The molecular weight excluding hydrogens is 292 g/mol. The molecule has 1 unspecified atom stereocenters. The molecule has 2 rings (SSSR count). The van der Waals surface area contributed by atoms with E-state index in [1.165, 1.54) is 6.07 Å². The third-order valence-electron chi connectivity index (χ3n) is 4.07. The predicted molar refractivity (Wildman–Crippen MR) is 84.1 cm³/mol. The lowest BCUT2D eigenvalue weighted by Crippen LogP contribution is -2.48. The van der Waals surface area contributed by atoms with Gasteiger partial charge in [0, 0.05) is 19.7 Å². The maximum Gasteiger partial charge on any atom is 0.294 e. The Hall–Kier alpha value is -1.33. The van der Waals surface area contributed by atoms with Crippen LogP contribution in [0.3, 0.4) is 0 Å². The molecular formula is C15H21ClN2O3. The summed E-state index contributed by atoms with van der Waals surface area (Å²) < 4.78 is 5.31. The lowest BCUT2D eigenvalue weighted by Gasteiger charge is -2.44. The highest BCUT2D eigenvalue weighted by atomic mass is 35.5. The van der Waals surface area contributed by atoms with Gasteiger partial charge in [0.05, 0.1) is 22.6 Å². The molecule has 0 saturated carbocycles. The molecule has 0 N–H and O–H groups in total. The molecule has 1 aliphatic rings. The zero-order chi connectivity index (χ0) is 15.6. The van der Waals surface area contributed by atoms with E-state index >= 15 is 0 Å². The molecule has 1 atom stereocenters. The number of hydrogen-bond acceptors (Lipinski definition) is 4. The standard InChI is InChI=1S/C15H21ClN2O3/c1-15(2)7-8-17(11(9-15)10-21-3)14-12(16)5-4-6-13(14)18(19)20/h4-6,11H,7-10H2,1-3H3. The van der Waals surface area contributed by atoms with Gasteiger partial charge >= 0.3 is 0 Å². The van der Waals surface area contributed by atoms with Gasteiger partial charge in [-0.3, -0.25) is 10.1 Å². The average molecular weight is 313 g/mol. The topological polar surface area (TPSA) is 55.6 Å². The highest BCUT2D eigenvalue weighted by molar-refractivity contribution is 6.33. The van der Waals surface area contributed by atoms with E-state index in [1.807, 2.05) is 4.90 Å². The van der Waals surface area contributed by atoms with E-state index in [-0.39, 0.29) is 22.1 Å². The van der Waals surface area contributed by atoms with Gasteiger partial charge in [-0.2, -0.15) is 0 Å². The molecule has 0 bridgehead atoms. The summed E-state index contributed by atoms with van der Waals surface area (Å²) in [7, 11) is 1.65. The lowest BCUT2D eigenvalue weighted by atomic mass is 9.78. The summed E-state index contributed by atoms with van der Waals surface area (Å²) in [6.07, 6.45) is 1.89. The molecule has 5 nitrogen and oxygen atoms in total. The van der Waals surface area contributed by atoms with Crippen molar-refractivity contribution in [3.05, 3.63) is 33.3 Å². The number of benzene rings is 1. The van der Waals surface area contributed by atoms with Gasteiger partial charge < -0.3 is 9.64 Å². The molecule has 1 fully saturated rings. The Morgan fingerprint density at radius 1 is 1.52 bits per heavy atom. The fourth-order valence-corrected chi connectivity index (χ4v) is 3.31. The van der Waals surface area contributed by atoms with Crippen molar-refractivity contribution in [2.45, 2.75) is 32.7 Å². The number of ether oxygens (including phenoxy) is 1. The first-order valence-electron chi connectivity index (χ1n) is 7.04. The SMILES string of the molecule is COCC1CC(C)(C)CCN1c1c(Cl)cccc1[N+](=O)[O-]. The van der Waals surface area contributed by atoms with Crippen molar-refractivity contribution in [3.8, 4) is 0 Å². The fraction of sp³-hybridized carbons (Fsp3) is 0.600. The summed E-state index contributed by atoms with van der Waals surface area (Å²) in [5.74, 6) is 0. The molecule has 6 heteroatoms. The normalized spacial score (nSPS) is 21.3. The smallest absolute Gasteiger partial charge is 0.294 e.